The standard InChI is InChI=1S/C33H27N3O/c1-24-30(32(37)29-21-11-13-25-14-12-22-34-31(25)29)35-23-36(24)33(26-15-5-2-6-16-26,27-17-7-3-8-18-27)28-19-9-4-10-20-28/h2-23,32,37H,1H3. The molecule has 4 heteroatoms. The van der Waals surface area contributed by atoms with Crippen LogP contribution >= 0.6 is 0 Å². The molecule has 0 radical (unpaired) electrons. The van der Waals surface area contributed by atoms with Crippen molar-refractivity contribution in [3.8, 4) is 0 Å². The minimum absolute atomic E-state index is 0.616. The molecule has 1 unspecified atom stereocenters. The summed E-state index contributed by atoms with van der Waals surface area (Å²) < 4.78 is 2.20. The summed E-state index contributed by atoms with van der Waals surface area (Å²) in [6, 6.07) is 41.3. The van der Waals surface area contributed by atoms with Crippen LogP contribution in [0.1, 0.15) is 39.7 Å². The van der Waals surface area contributed by atoms with E-state index in [4.69, 9.17) is 4.98 Å². The van der Waals surface area contributed by atoms with Gasteiger partial charge in [0.15, 0.2) is 0 Å². The van der Waals surface area contributed by atoms with Gasteiger partial charge in [-0.2, -0.15) is 0 Å². The molecule has 4 aromatic carbocycles. The average Bonchev–Trinajstić information content (AvgIpc) is 3.36. The molecule has 6 rings (SSSR count). The van der Waals surface area contributed by atoms with E-state index in [0.717, 1.165) is 38.9 Å². The Balaban J connectivity index is 1.61. The largest absolute Gasteiger partial charge is 0.382 e. The molecule has 180 valence electrons. The predicted molar refractivity (Wildman–Crippen MR) is 147 cm³/mol. The Morgan fingerprint density at radius 1 is 0.649 bits per heavy atom. The second-order valence-electron chi connectivity index (χ2n) is 9.22. The quantitative estimate of drug-likeness (QED) is 0.271. The third-order valence-electron chi connectivity index (χ3n) is 7.20. The van der Waals surface area contributed by atoms with Crippen molar-refractivity contribution in [2.45, 2.75) is 18.6 Å². The second-order valence-corrected chi connectivity index (χ2v) is 9.22. The maximum atomic E-state index is 11.6. The molecule has 1 N–H and O–H groups in total. The van der Waals surface area contributed by atoms with Crippen LogP contribution in [0.3, 0.4) is 0 Å². The second kappa shape index (κ2) is 9.49. The highest BCUT2D eigenvalue weighted by molar-refractivity contribution is 5.82. The van der Waals surface area contributed by atoms with Gasteiger partial charge in [-0.25, -0.2) is 4.98 Å². The zero-order chi connectivity index (χ0) is 25.2. The third-order valence-corrected chi connectivity index (χ3v) is 7.20. The maximum Gasteiger partial charge on any atom is 0.125 e. The highest BCUT2D eigenvalue weighted by Gasteiger charge is 2.40. The molecule has 2 heterocycles. The van der Waals surface area contributed by atoms with Crippen LogP contribution in [-0.2, 0) is 5.54 Å². The number of hydrogen-bond acceptors (Lipinski definition) is 3. The Bertz CT molecular complexity index is 1540. The van der Waals surface area contributed by atoms with E-state index in [9.17, 15) is 5.11 Å². The van der Waals surface area contributed by atoms with Crippen LogP contribution in [-0.4, -0.2) is 19.6 Å². The molecule has 0 spiro atoms. The Hall–Kier alpha value is -4.54. The van der Waals surface area contributed by atoms with Crippen LogP contribution in [0.4, 0.5) is 0 Å². The molecule has 0 fully saturated rings. The molecule has 37 heavy (non-hydrogen) atoms. The zero-order valence-corrected chi connectivity index (χ0v) is 20.6. The van der Waals surface area contributed by atoms with E-state index in [1.807, 2.05) is 61.8 Å². The topological polar surface area (TPSA) is 50.9 Å². The number of aromatic nitrogens is 3. The fourth-order valence-electron chi connectivity index (χ4n) is 5.48. The third kappa shape index (κ3) is 3.74. The van der Waals surface area contributed by atoms with Crippen LogP contribution in [0.2, 0.25) is 0 Å². The molecule has 0 aliphatic carbocycles. The lowest BCUT2D eigenvalue weighted by molar-refractivity contribution is 0.216. The van der Waals surface area contributed by atoms with Crippen molar-refractivity contribution >= 4 is 10.9 Å². The summed E-state index contributed by atoms with van der Waals surface area (Å²) >= 11 is 0. The van der Waals surface area contributed by atoms with Crippen LogP contribution in [0.25, 0.3) is 10.9 Å². The smallest absolute Gasteiger partial charge is 0.125 e. The predicted octanol–water partition coefficient (Wildman–Crippen LogP) is 6.66. The van der Waals surface area contributed by atoms with Crippen LogP contribution in [0.5, 0.6) is 0 Å². The first-order valence-electron chi connectivity index (χ1n) is 12.4. The Labute approximate surface area is 216 Å². The number of para-hydroxylation sites is 1. The summed E-state index contributed by atoms with van der Waals surface area (Å²) in [6.07, 6.45) is 2.70. The molecule has 0 amide bonds. The first-order valence-corrected chi connectivity index (χ1v) is 12.4. The molecule has 4 nitrogen and oxygen atoms in total. The summed E-state index contributed by atoms with van der Waals surface area (Å²) in [6.45, 7) is 2.04. The first-order chi connectivity index (χ1) is 18.2. The van der Waals surface area contributed by atoms with Crippen molar-refractivity contribution in [2.24, 2.45) is 0 Å². The lowest BCUT2D eigenvalue weighted by atomic mass is 9.76. The molecule has 0 saturated carbocycles. The van der Waals surface area contributed by atoms with E-state index in [1.165, 1.54) is 0 Å². The SMILES string of the molecule is Cc1c(C(O)c2cccc3cccnc23)ncn1C(c1ccccc1)(c1ccccc1)c1ccccc1. The van der Waals surface area contributed by atoms with Gasteiger partial charge in [0.1, 0.15) is 11.6 Å². The molecule has 6 aromatic rings. The van der Waals surface area contributed by atoms with Crippen molar-refractivity contribution in [1.82, 2.24) is 14.5 Å². The number of hydrogen-bond donors (Lipinski definition) is 1. The Morgan fingerprint density at radius 3 is 1.76 bits per heavy atom. The van der Waals surface area contributed by atoms with Crippen LogP contribution in [0, 0.1) is 6.92 Å². The summed E-state index contributed by atoms with van der Waals surface area (Å²) in [7, 11) is 0. The molecule has 2 aromatic heterocycles. The zero-order valence-electron chi connectivity index (χ0n) is 20.6. The fourth-order valence-corrected chi connectivity index (χ4v) is 5.48. The average molecular weight is 482 g/mol. The molecular weight excluding hydrogens is 454 g/mol. The van der Waals surface area contributed by atoms with E-state index in [2.05, 4.69) is 82.3 Å². The molecule has 0 saturated heterocycles. The molecule has 0 bridgehead atoms. The number of rotatable bonds is 6. The van der Waals surface area contributed by atoms with E-state index in [0.29, 0.717) is 5.69 Å². The van der Waals surface area contributed by atoms with Crippen LogP contribution in [0.15, 0.2) is 134 Å². The minimum Gasteiger partial charge on any atom is -0.382 e. The van der Waals surface area contributed by atoms with E-state index in [1.54, 1.807) is 6.20 Å². The summed E-state index contributed by atoms with van der Waals surface area (Å²) in [5, 5.41) is 12.6. The highest BCUT2D eigenvalue weighted by atomic mass is 16.3. The number of imidazole rings is 1. The lowest BCUT2D eigenvalue weighted by Crippen LogP contribution is -2.38. The number of pyridine rings is 1. The van der Waals surface area contributed by atoms with Gasteiger partial charge in [0.05, 0.1) is 17.5 Å². The highest BCUT2D eigenvalue weighted by Crippen LogP contribution is 2.42. The monoisotopic (exact) mass is 481 g/mol. The number of fused-ring (bicyclic) bond motifs is 1. The van der Waals surface area contributed by atoms with E-state index >= 15 is 0 Å². The number of aliphatic hydroxyl groups is 1. The van der Waals surface area contributed by atoms with Crippen molar-refractivity contribution in [2.75, 3.05) is 0 Å². The Morgan fingerprint density at radius 2 is 1.19 bits per heavy atom. The molecule has 0 aliphatic heterocycles. The molecule has 0 aliphatic rings. The first kappa shape index (κ1) is 22.9. The van der Waals surface area contributed by atoms with Gasteiger partial charge < -0.3 is 9.67 Å². The number of nitrogens with zero attached hydrogens (tertiary/aromatic N) is 3. The van der Waals surface area contributed by atoms with Crippen LogP contribution < -0.4 is 0 Å². The van der Waals surface area contributed by atoms with Crippen molar-refractivity contribution in [3.63, 3.8) is 0 Å². The van der Waals surface area contributed by atoms with Crippen molar-refractivity contribution < 1.29 is 5.11 Å². The normalized spacial score (nSPS) is 12.5. The van der Waals surface area contributed by atoms with Gasteiger partial charge in [-0.05, 0) is 29.7 Å². The summed E-state index contributed by atoms with van der Waals surface area (Å²) in [5.74, 6) is 0. The van der Waals surface area contributed by atoms with Gasteiger partial charge in [0.25, 0.3) is 0 Å². The summed E-state index contributed by atoms with van der Waals surface area (Å²) in [5.41, 5.74) is 5.68. The van der Waals surface area contributed by atoms with Crippen molar-refractivity contribution in [1.29, 1.82) is 0 Å². The van der Waals surface area contributed by atoms with Gasteiger partial charge in [-0.1, -0.05) is 115 Å². The van der Waals surface area contributed by atoms with Crippen molar-refractivity contribution in [3.05, 3.63) is 167 Å². The van der Waals surface area contributed by atoms with Gasteiger partial charge in [-0.15, -0.1) is 0 Å². The maximum absolute atomic E-state index is 11.6. The Kier molecular flexibility index (Phi) is 5.87. The minimum atomic E-state index is -0.917. The van der Waals surface area contributed by atoms with E-state index in [-0.39, 0.29) is 0 Å². The number of benzene rings is 4. The molecular formula is C33H27N3O. The molecule has 1 atom stereocenters. The van der Waals surface area contributed by atoms with Gasteiger partial charge >= 0.3 is 0 Å². The summed E-state index contributed by atoms with van der Waals surface area (Å²) in [4.78, 5) is 9.39. The van der Waals surface area contributed by atoms with Gasteiger partial charge in [-0.3, -0.25) is 4.98 Å². The lowest BCUT2D eigenvalue weighted by Gasteiger charge is -2.38. The fraction of sp³-hybridized carbons (Fsp3) is 0.0909. The van der Waals surface area contributed by atoms with E-state index < -0.39 is 11.6 Å². The van der Waals surface area contributed by atoms with Gasteiger partial charge in [0.2, 0.25) is 0 Å². The van der Waals surface area contributed by atoms with Gasteiger partial charge in [0, 0.05) is 22.8 Å². The number of aliphatic hydroxyl groups excluding tert-OH is 1.